The van der Waals surface area contributed by atoms with Crippen molar-refractivity contribution >= 4 is 21.9 Å². The molecule has 1 aromatic rings. The Labute approximate surface area is 128 Å². The molecule has 0 aliphatic carbocycles. The van der Waals surface area contributed by atoms with Crippen LogP contribution in [0, 0.1) is 18.3 Å². The second kappa shape index (κ2) is 5.61. The molecule has 1 aliphatic heterocycles. The van der Waals surface area contributed by atoms with Gasteiger partial charge in [0.25, 0.3) is 0 Å². The molecule has 1 saturated heterocycles. The maximum Gasteiger partial charge on any atom is 0.406 e. The summed E-state index contributed by atoms with van der Waals surface area (Å²) in [4.78, 5) is 11.3. The Morgan fingerprint density at radius 2 is 2.19 bits per heavy atom. The Hall–Kier alpha value is -1.08. The SMILES string of the molecule is Cc1cc(C[C@H]2CNC[C@]2(C(=O)O)C(F)(F)F)ccc1Br. The van der Waals surface area contributed by atoms with Gasteiger partial charge in [0.05, 0.1) is 0 Å². The van der Waals surface area contributed by atoms with Gasteiger partial charge in [-0.1, -0.05) is 28.1 Å². The fraction of sp³-hybridized carbons (Fsp3) is 0.500. The van der Waals surface area contributed by atoms with Crippen molar-refractivity contribution in [2.75, 3.05) is 13.1 Å². The highest BCUT2D eigenvalue weighted by molar-refractivity contribution is 9.10. The largest absolute Gasteiger partial charge is 0.481 e. The minimum absolute atomic E-state index is 0.0426. The molecule has 1 aromatic carbocycles. The molecule has 3 nitrogen and oxygen atoms in total. The monoisotopic (exact) mass is 365 g/mol. The van der Waals surface area contributed by atoms with Crippen molar-refractivity contribution in [1.29, 1.82) is 0 Å². The van der Waals surface area contributed by atoms with E-state index in [2.05, 4.69) is 21.2 Å². The van der Waals surface area contributed by atoms with Crippen molar-refractivity contribution in [3.05, 3.63) is 33.8 Å². The van der Waals surface area contributed by atoms with Crippen LogP contribution in [0.5, 0.6) is 0 Å². The Morgan fingerprint density at radius 3 is 2.71 bits per heavy atom. The lowest BCUT2D eigenvalue weighted by molar-refractivity contribution is -0.236. The molecule has 1 heterocycles. The zero-order valence-electron chi connectivity index (χ0n) is 11.3. The number of carbonyl (C=O) groups is 1. The van der Waals surface area contributed by atoms with Crippen LogP contribution in [-0.4, -0.2) is 30.3 Å². The van der Waals surface area contributed by atoms with Crippen LogP contribution in [0.3, 0.4) is 0 Å². The van der Waals surface area contributed by atoms with E-state index in [1.54, 1.807) is 18.2 Å². The Balaban J connectivity index is 2.33. The molecule has 2 atom stereocenters. The molecule has 21 heavy (non-hydrogen) atoms. The van der Waals surface area contributed by atoms with Gasteiger partial charge < -0.3 is 10.4 Å². The van der Waals surface area contributed by atoms with Crippen molar-refractivity contribution in [3.8, 4) is 0 Å². The summed E-state index contributed by atoms with van der Waals surface area (Å²) < 4.78 is 40.9. The quantitative estimate of drug-likeness (QED) is 0.864. The fourth-order valence-corrected chi connectivity index (χ4v) is 3.08. The maximum absolute atomic E-state index is 13.3. The molecule has 7 heteroatoms. The van der Waals surface area contributed by atoms with Crippen LogP contribution < -0.4 is 5.32 Å². The van der Waals surface area contributed by atoms with Gasteiger partial charge in [-0.25, -0.2) is 0 Å². The first kappa shape index (κ1) is 16.3. The van der Waals surface area contributed by atoms with E-state index in [1.165, 1.54) is 0 Å². The molecule has 0 bridgehead atoms. The topological polar surface area (TPSA) is 49.3 Å². The molecule has 0 saturated carbocycles. The number of halogens is 4. The number of alkyl halides is 3. The van der Waals surface area contributed by atoms with E-state index in [9.17, 15) is 23.1 Å². The van der Waals surface area contributed by atoms with Gasteiger partial charge in [-0.15, -0.1) is 0 Å². The summed E-state index contributed by atoms with van der Waals surface area (Å²) >= 11 is 3.33. The second-order valence-corrected chi connectivity index (χ2v) is 6.24. The van der Waals surface area contributed by atoms with Crippen LogP contribution in [0.15, 0.2) is 22.7 Å². The summed E-state index contributed by atoms with van der Waals surface area (Å²) in [6.45, 7) is 1.31. The molecular formula is C14H15BrF3NO2. The molecule has 0 radical (unpaired) electrons. The Bertz CT molecular complexity index is 562. The smallest absolute Gasteiger partial charge is 0.406 e. The first-order valence-electron chi connectivity index (χ1n) is 6.44. The van der Waals surface area contributed by atoms with Crippen LogP contribution in [0.4, 0.5) is 13.2 Å². The average Bonchev–Trinajstić information content (AvgIpc) is 2.78. The number of carboxylic acid groups (broad SMARTS) is 1. The van der Waals surface area contributed by atoms with Gasteiger partial charge >= 0.3 is 12.1 Å². The number of aryl methyl sites for hydroxylation is 1. The van der Waals surface area contributed by atoms with Gasteiger partial charge in [0.15, 0.2) is 5.41 Å². The minimum Gasteiger partial charge on any atom is -0.481 e. The first-order chi connectivity index (χ1) is 9.68. The van der Waals surface area contributed by atoms with Gasteiger partial charge in [0, 0.05) is 16.9 Å². The third kappa shape index (κ3) is 2.81. The van der Waals surface area contributed by atoms with Crippen molar-refractivity contribution in [3.63, 3.8) is 0 Å². The number of hydrogen-bond acceptors (Lipinski definition) is 2. The highest BCUT2D eigenvalue weighted by Crippen LogP contribution is 2.47. The fourth-order valence-electron chi connectivity index (χ4n) is 2.83. The summed E-state index contributed by atoms with van der Waals surface area (Å²) in [5.74, 6) is -2.82. The molecule has 2 N–H and O–H groups in total. The molecule has 116 valence electrons. The predicted octanol–water partition coefficient (Wildman–Crippen LogP) is 3.15. The average molecular weight is 366 g/mol. The second-order valence-electron chi connectivity index (χ2n) is 5.39. The molecule has 0 aromatic heterocycles. The summed E-state index contributed by atoms with van der Waals surface area (Å²) in [5, 5.41) is 11.8. The van der Waals surface area contributed by atoms with Gasteiger partial charge in [0.2, 0.25) is 0 Å². The number of rotatable bonds is 3. The van der Waals surface area contributed by atoms with Gasteiger partial charge in [0.1, 0.15) is 0 Å². The minimum atomic E-state index is -4.78. The number of carboxylic acids is 1. The first-order valence-corrected chi connectivity index (χ1v) is 7.23. The summed E-state index contributed by atoms with van der Waals surface area (Å²) in [6, 6.07) is 5.27. The standard InChI is InChI=1S/C14H15BrF3NO2/c1-8-4-9(2-3-11(8)15)5-10-6-19-7-13(10,12(20)21)14(16,17)18/h2-4,10,19H,5-7H2,1H3,(H,20,21)/t10-,13-/m0/s1. The van der Waals surface area contributed by atoms with Crippen molar-refractivity contribution in [2.24, 2.45) is 11.3 Å². The van der Waals surface area contributed by atoms with Crippen LogP contribution >= 0.6 is 15.9 Å². The van der Waals surface area contributed by atoms with E-state index in [0.29, 0.717) is 5.56 Å². The van der Waals surface area contributed by atoms with E-state index < -0.39 is 30.0 Å². The normalized spacial score (nSPS) is 26.0. The Kier molecular flexibility index (Phi) is 4.35. The lowest BCUT2D eigenvalue weighted by atomic mass is 9.74. The van der Waals surface area contributed by atoms with Crippen LogP contribution in [0.25, 0.3) is 0 Å². The zero-order chi connectivity index (χ0) is 15.8. The van der Waals surface area contributed by atoms with Gasteiger partial charge in [-0.05, 0) is 37.1 Å². The highest BCUT2D eigenvalue weighted by atomic mass is 79.9. The van der Waals surface area contributed by atoms with Crippen molar-refractivity contribution < 1.29 is 23.1 Å². The van der Waals surface area contributed by atoms with Gasteiger partial charge in [-0.2, -0.15) is 13.2 Å². The highest BCUT2D eigenvalue weighted by Gasteiger charge is 2.66. The summed E-state index contributed by atoms with van der Waals surface area (Å²) in [6.07, 6.45) is -4.70. The zero-order valence-corrected chi connectivity index (χ0v) is 12.9. The lowest BCUT2D eigenvalue weighted by Crippen LogP contribution is -2.51. The third-order valence-corrected chi connectivity index (χ3v) is 4.97. The van der Waals surface area contributed by atoms with Gasteiger partial charge in [-0.3, -0.25) is 4.79 Å². The molecule has 1 fully saturated rings. The molecule has 2 rings (SSSR count). The molecule has 0 unspecified atom stereocenters. The predicted molar refractivity (Wildman–Crippen MR) is 75.1 cm³/mol. The van der Waals surface area contributed by atoms with Crippen LogP contribution in [0.1, 0.15) is 11.1 Å². The van der Waals surface area contributed by atoms with E-state index in [0.717, 1.165) is 10.0 Å². The molecule has 0 amide bonds. The molecule has 1 aliphatic rings. The van der Waals surface area contributed by atoms with Crippen molar-refractivity contribution in [2.45, 2.75) is 19.5 Å². The van der Waals surface area contributed by atoms with Crippen molar-refractivity contribution in [1.82, 2.24) is 5.32 Å². The summed E-state index contributed by atoms with van der Waals surface area (Å²) in [5.41, 5.74) is -1.10. The van der Waals surface area contributed by atoms with E-state index in [-0.39, 0.29) is 13.0 Å². The van der Waals surface area contributed by atoms with E-state index in [1.807, 2.05) is 6.92 Å². The summed E-state index contributed by atoms with van der Waals surface area (Å²) in [7, 11) is 0. The third-order valence-electron chi connectivity index (χ3n) is 4.08. The van der Waals surface area contributed by atoms with Crippen LogP contribution in [0.2, 0.25) is 0 Å². The van der Waals surface area contributed by atoms with E-state index >= 15 is 0 Å². The lowest BCUT2D eigenvalue weighted by Gasteiger charge is -2.32. The maximum atomic E-state index is 13.3. The van der Waals surface area contributed by atoms with Crippen LogP contribution in [-0.2, 0) is 11.2 Å². The Morgan fingerprint density at radius 1 is 1.52 bits per heavy atom. The number of aliphatic carboxylic acids is 1. The molecule has 0 spiro atoms. The number of nitrogens with one attached hydrogen (secondary N) is 1. The number of hydrogen-bond donors (Lipinski definition) is 2. The molecular weight excluding hydrogens is 351 g/mol. The number of benzene rings is 1. The van der Waals surface area contributed by atoms with E-state index in [4.69, 9.17) is 0 Å².